The summed E-state index contributed by atoms with van der Waals surface area (Å²) in [6.07, 6.45) is 5.15. The summed E-state index contributed by atoms with van der Waals surface area (Å²) in [5.74, 6) is -1.16. The van der Waals surface area contributed by atoms with Crippen LogP contribution in [-0.2, 0) is 24.6 Å². The van der Waals surface area contributed by atoms with E-state index >= 15 is 0 Å². The van der Waals surface area contributed by atoms with Crippen molar-refractivity contribution in [2.24, 2.45) is 33.9 Å². The second-order valence-electron chi connectivity index (χ2n) is 6.91. The molecule has 0 unspecified atom stereocenters. The Hall–Kier alpha value is -2.50. The monoisotopic (exact) mass is 324 g/mol. The molecule has 4 bridgehead atoms. The average Bonchev–Trinajstić information content (AvgIpc) is 3.25. The predicted octanol–water partition coefficient (Wildman–Crippen LogP) is 2.21. The first-order chi connectivity index (χ1) is 11.6. The number of benzene rings is 1. The molecule has 1 aromatic carbocycles. The second kappa shape index (κ2) is 4.32. The SMILES string of the molecule is COC(=O)[C@@]12N=N[C@@](c3ccccc3)(C(=O)O1)[C@H]1[C@@H]2[C@@H]2C=C[C@H]1C2. The van der Waals surface area contributed by atoms with Crippen LogP contribution in [0.2, 0.25) is 0 Å². The standard InChI is InChI=1S/C18H16N2O4/c1-23-16(22)18-14-11-8-7-10(9-11)13(14)17(19-20-18,15(21)24-18)12-5-3-2-4-6-12/h2-8,10-11,13-14H,9H2,1H3/t10-,11+,13+,14-,17+,18-/m0/s1. The molecule has 1 aromatic rings. The second-order valence-corrected chi connectivity index (χ2v) is 6.91. The largest absolute Gasteiger partial charge is 0.464 e. The van der Waals surface area contributed by atoms with E-state index in [0.29, 0.717) is 0 Å². The van der Waals surface area contributed by atoms with Crippen molar-refractivity contribution in [2.45, 2.75) is 17.7 Å². The number of rotatable bonds is 2. The van der Waals surface area contributed by atoms with Gasteiger partial charge < -0.3 is 9.47 Å². The molecule has 0 spiro atoms. The molecule has 0 N–H and O–H groups in total. The van der Waals surface area contributed by atoms with Crippen molar-refractivity contribution < 1.29 is 19.1 Å². The third-order valence-corrected chi connectivity index (χ3v) is 6.00. The van der Waals surface area contributed by atoms with E-state index in [0.717, 1.165) is 12.0 Å². The maximum absolute atomic E-state index is 13.0. The van der Waals surface area contributed by atoms with Crippen LogP contribution in [0.1, 0.15) is 12.0 Å². The van der Waals surface area contributed by atoms with E-state index in [1.807, 2.05) is 30.3 Å². The zero-order chi connectivity index (χ0) is 16.5. The lowest BCUT2D eigenvalue weighted by atomic mass is 9.61. The highest BCUT2D eigenvalue weighted by molar-refractivity contribution is 5.92. The van der Waals surface area contributed by atoms with Gasteiger partial charge in [-0.15, -0.1) is 5.11 Å². The molecule has 24 heavy (non-hydrogen) atoms. The van der Waals surface area contributed by atoms with Crippen LogP contribution in [0.15, 0.2) is 52.7 Å². The van der Waals surface area contributed by atoms with Crippen molar-refractivity contribution in [1.82, 2.24) is 0 Å². The number of nitrogens with zero attached hydrogens (tertiary/aromatic N) is 2. The Morgan fingerprint density at radius 2 is 1.88 bits per heavy atom. The number of hydrogen-bond acceptors (Lipinski definition) is 6. The summed E-state index contributed by atoms with van der Waals surface area (Å²) in [6, 6.07) is 9.40. The van der Waals surface area contributed by atoms with Gasteiger partial charge in [-0.3, -0.25) is 0 Å². The van der Waals surface area contributed by atoms with E-state index < -0.39 is 23.2 Å². The van der Waals surface area contributed by atoms with Gasteiger partial charge in [0, 0.05) is 11.8 Å². The van der Waals surface area contributed by atoms with E-state index in [1.54, 1.807) is 0 Å². The summed E-state index contributed by atoms with van der Waals surface area (Å²) < 4.78 is 10.6. The van der Waals surface area contributed by atoms with E-state index in [2.05, 4.69) is 22.4 Å². The highest BCUT2D eigenvalue weighted by atomic mass is 16.6. The van der Waals surface area contributed by atoms with E-state index in [-0.39, 0.29) is 23.7 Å². The van der Waals surface area contributed by atoms with Gasteiger partial charge in [0.1, 0.15) is 0 Å². The fourth-order valence-electron chi connectivity index (χ4n) is 5.12. The quantitative estimate of drug-likeness (QED) is 0.617. The first-order valence-electron chi connectivity index (χ1n) is 8.13. The van der Waals surface area contributed by atoms with Crippen LogP contribution < -0.4 is 0 Å². The molecule has 6 atom stereocenters. The first-order valence-corrected chi connectivity index (χ1v) is 8.13. The molecule has 122 valence electrons. The predicted molar refractivity (Wildman–Crippen MR) is 81.5 cm³/mol. The fraction of sp³-hybridized carbons (Fsp3) is 0.444. The summed E-state index contributed by atoms with van der Waals surface area (Å²) in [4.78, 5) is 25.5. The molecule has 0 aromatic heterocycles. The fourth-order valence-corrected chi connectivity index (χ4v) is 5.12. The van der Waals surface area contributed by atoms with Crippen LogP contribution in [0.3, 0.4) is 0 Å². The molecule has 6 nitrogen and oxygen atoms in total. The number of allylic oxidation sites excluding steroid dienone is 2. The van der Waals surface area contributed by atoms with E-state index in [1.165, 1.54) is 7.11 Å². The number of hydrogen-bond donors (Lipinski definition) is 0. The molecule has 0 radical (unpaired) electrons. The van der Waals surface area contributed by atoms with Gasteiger partial charge in [-0.2, -0.15) is 5.11 Å². The number of fused-ring (bicyclic) bond motifs is 3. The molecule has 6 rings (SSSR count). The van der Waals surface area contributed by atoms with E-state index in [9.17, 15) is 9.59 Å². The maximum atomic E-state index is 13.0. The van der Waals surface area contributed by atoms with Gasteiger partial charge in [-0.05, 0) is 23.8 Å². The van der Waals surface area contributed by atoms with Gasteiger partial charge in [-0.25, -0.2) is 9.59 Å². The van der Waals surface area contributed by atoms with Gasteiger partial charge in [0.15, 0.2) is 0 Å². The lowest BCUT2D eigenvalue weighted by Crippen LogP contribution is -2.67. The van der Waals surface area contributed by atoms with Gasteiger partial charge in [-0.1, -0.05) is 42.5 Å². The molecule has 0 amide bonds. The van der Waals surface area contributed by atoms with Crippen LogP contribution in [0.4, 0.5) is 0 Å². The minimum atomic E-state index is -1.63. The Morgan fingerprint density at radius 3 is 2.54 bits per heavy atom. The summed E-state index contributed by atoms with van der Waals surface area (Å²) in [6.45, 7) is 0. The smallest absolute Gasteiger partial charge is 0.376 e. The topological polar surface area (TPSA) is 77.3 Å². The van der Waals surface area contributed by atoms with Crippen LogP contribution in [0.5, 0.6) is 0 Å². The highest BCUT2D eigenvalue weighted by Gasteiger charge is 2.76. The Bertz CT molecular complexity index is 804. The van der Waals surface area contributed by atoms with Crippen molar-refractivity contribution in [3.8, 4) is 0 Å². The number of carbonyl (C=O) groups excluding carboxylic acids is 2. The van der Waals surface area contributed by atoms with E-state index in [4.69, 9.17) is 9.47 Å². The lowest BCUT2D eigenvalue weighted by Gasteiger charge is -2.53. The molecule has 5 aliphatic rings. The molecule has 1 saturated carbocycles. The van der Waals surface area contributed by atoms with Crippen molar-refractivity contribution in [3.05, 3.63) is 48.0 Å². The van der Waals surface area contributed by atoms with Crippen molar-refractivity contribution >= 4 is 11.9 Å². The molecular weight excluding hydrogens is 308 g/mol. The van der Waals surface area contributed by atoms with Gasteiger partial charge in [0.05, 0.1) is 7.11 Å². The Balaban J connectivity index is 1.77. The Kier molecular flexibility index (Phi) is 2.50. The average molecular weight is 324 g/mol. The summed E-state index contributed by atoms with van der Waals surface area (Å²) in [5, 5.41) is 8.63. The third-order valence-electron chi connectivity index (χ3n) is 6.00. The Morgan fingerprint density at radius 1 is 1.17 bits per heavy atom. The van der Waals surface area contributed by atoms with Crippen molar-refractivity contribution in [1.29, 1.82) is 0 Å². The first kappa shape index (κ1) is 13.9. The number of azo groups is 1. The molecular formula is C18H16N2O4. The molecule has 1 saturated heterocycles. The van der Waals surface area contributed by atoms with Gasteiger partial charge >= 0.3 is 17.7 Å². The molecule has 2 aliphatic carbocycles. The number of esters is 2. The van der Waals surface area contributed by atoms with Crippen LogP contribution >= 0.6 is 0 Å². The van der Waals surface area contributed by atoms with Crippen LogP contribution in [0, 0.1) is 23.7 Å². The lowest BCUT2D eigenvalue weighted by molar-refractivity contribution is -0.224. The third kappa shape index (κ3) is 1.34. The number of carbonyl (C=O) groups is 2. The molecule has 3 heterocycles. The zero-order valence-corrected chi connectivity index (χ0v) is 13.1. The number of ether oxygens (including phenoxy) is 2. The number of methoxy groups -OCH3 is 1. The van der Waals surface area contributed by atoms with Gasteiger partial charge in [0.25, 0.3) is 0 Å². The van der Waals surface area contributed by atoms with Gasteiger partial charge in [0.2, 0.25) is 5.54 Å². The maximum Gasteiger partial charge on any atom is 0.376 e. The normalized spacial score (nSPS) is 43.6. The highest BCUT2D eigenvalue weighted by Crippen LogP contribution is 2.66. The molecule has 2 fully saturated rings. The van der Waals surface area contributed by atoms with Crippen molar-refractivity contribution in [2.75, 3.05) is 7.11 Å². The van der Waals surface area contributed by atoms with Crippen molar-refractivity contribution in [3.63, 3.8) is 0 Å². The summed E-state index contributed by atoms with van der Waals surface area (Å²) in [5.41, 5.74) is -2.02. The molecule has 3 aliphatic heterocycles. The zero-order valence-electron chi connectivity index (χ0n) is 13.1. The van der Waals surface area contributed by atoms with Crippen LogP contribution in [0.25, 0.3) is 0 Å². The van der Waals surface area contributed by atoms with Crippen LogP contribution in [-0.4, -0.2) is 24.8 Å². The molecule has 6 heteroatoms. The minimum absolute atomic E-state index is 0.132. The summed E-state index contributed by atoms with van der Waals surface area (Å²) in [7, 11) is 1.28. The minimum Gasteiger partial charge on any atom is -0.464 e. The summed E-state index contributed by atoms with van der Waals surface area (Å²) >= 11 is 0. The Labute approximate surface area is 138 Å².